The monoisotopic (exact) mass is 421 g/mol. The Kier molecular flexibility index (Phi) is 4.69. The molecular weight excluding hydrogens is 402 g/mol. The summed E-state index contributed by atoms with van der Waals surface area (Å²) >= 11 is 10.1. The predicted octanol–water partition coefficient (Wildman–Crippen LogP) is 4.67. The summed E-state index contributed by atoms with van der Waals surface area (Å²) in [5.41, 5.74) is 5.13. The summed E-state index contributed by atoms with van der Waals surface area (Å²) in [5.74, 6) is 2.03. The smallest absolute Gasteiger partial charge is 0.137 e. The molecule has 4 rings (SSSR count). The zero-order valence-electron chi connectivity index (χ0n) is 14.4. The van der Waals surface area contributed by atoms with E-state index in [1.807, 2.05) is 0 Å². The van der Waals surface area contributed by atoms with E-state index in [1.54, 1.807) is 7.11 Å². The van der Waals surface area contributed by atoms with Gasteiger partial charge in [0.25, 0.3) is 0 Å². The van der Waals surface area contributed by atoms with E-state index in [-0.39, 0.29) is 5.92 Å². The maximum absolute atomic E-state index is 6.39. The molecule has 1 unspecified atom stereocenters. The lowest BCUT2D eigenvalue weighted by Gasteiger charge is -2.24. The Morgan fingerprint density at radius 2 is 2.00 bits per heavy atom. The molecule has 2 heterocycles. The van der Waals surface area contributed by atoms with Crippen LogP contribution in [0.3, 0.4) is 0 Å². The fourth-order valence-electron chi connectivity index (χ4n) is 3.94. The van der Waals surface area contributed by atoms with Crippen LogP contribution in [0.5, 0.6) is 11.5 Å². The first-order valence-corrected chi connectivity index (χ1v) is 9.74. The first-order valence-electron chi connectivity index (χ1n) is 8.56. The van der Waals surface area contributed by atoms with Gasteiger partial charge in [0.15, 0.2) is 0 Å². The van der Waals surface area contributed by atoms with Crippen molar-refractivity contribution in [1.82, 2.24) is 4.90 Å². The zero-order valence-corrected chi connectivity index (χ0v) is 16.8. The molecule has 2 aliphatic heterocycles. The van der Waals surface area contributed by atoms with Crippen LogP contribution in [0.4, 0.5) is 0 Å². The Morgan fingerprint density at radius 1 is 1.16 bits per heavy atom. The predicted molar refractivity (Wildman–Crippen MR) is 104 cm³/mol. The normalized spacial score (nSPS) is 19.8. The second kappa shape index (κ2) is 6.82. The van der Waals surface area contributed by atoms with Gasteiger partial charge in [-0.15, -0.1) is 0 Å². The number of benzene rings is 2. The molecule has 5 heteroatoms. The van der Waals surface area contributed by atoms with Crippen molar-refractivity contribution in [2.24, 2.45) is 0 Å². The van der Waals surface area contributed by atoms with Gasteiger partial charge in [0, 0.05) is 35.5 Å². The summed E-state index contributed by atoms with van der Waals surface area (Å²) in [6.45, 7) is 2.73. The van der Waals surface area contributed by atoms with Gasteiger partial charge in [-0.2, -0.15) is 0 Å². The largest absolute Gasteiger partial charge is 0.495 e. The highest BCUT2D eigenvalue weighted by Gasteiger charge is 2.29. The Morgan fingerprint density at radius 3 is 2.80 bits per heavy atom. The molecule has 3 nitrogen and oxygen atoms in total. The minimum Gasteiger partial charge on any atom is -0.495 e. The Hall–Kier alpha value is -1.23. The molecule has 2 aromatic carbocycles. The van der Waals surface area contributed by atoms with E-state index in [0.717, 1.165) is 48.5 Å². The maximum atomic E-state index is 6.39. The maximum Gasteiger partial charge on any atom is 0.137 e. The number of halogens is 2. The molecule has 25 heavy (non-hydrogen) atoms. The number of hydrogen-bond donors (Lipinski definition) is 0. The van der Waals surface area contributed by atoms with Gasteiger partial charge in [0.2, 0.25) is 0 Å². The van der Waals surface area contributed by atoms with Crippen LogP contribution in [0.2, 0.25) is 5.02 Å². The van der Waals surface area contributed by atoms with Crippen LogP contribution in [0.1, 0.15) is 28.2 Å². The number of rotatable bonds is 2. The number of ether oxygens (including phenoxy) is 2. The van der Waals surface area contributed by atoms with Crippen molar-refractivity contribution in [2.45, 2.75) is 18.8 Å². The average molecular weight is 423 g/mol. The molecule has 0 fully saturated rings. The van der Waals surface area contributed by atoms with Crippen LogP contribution in [-0.2, 0) is 12.8 Å². The SMILES string of the molecule is COc1cc2c(cc1Cl)CCN(C)CC2c1cc(Br)cc2c1OCC2. The molecule has 0 saturated heterocycles. The quantitative estimate of drug-likeness (QED) is 0.702. The fraction of sp³-hybridized carbons (Fsp3) is 0.400. The summed E-state index contributed by atoms with van der Waals surface area (Å²) in [4.78, 5) is 2.38. The lowest BCUT2D eigenvalue weighted by atomic mass is 9.86. The van der Waals surface area contributed by atoms with Crippen molar-refractivity contribution < 1.29 is 9.47 Å². The minimum atomic E-state index is 0.234. The van der Waals surface area contributed by atoms with Gasteiger partial charge in [-0.3, -0.25) is 0 Å². The first-order chi connectivity index (χ1) is 12.1. The van der Waals surface area contributed by atoms with Crippen LogP contribution in [0.15, 0.2) is 28.7 Å². The van der Waals surface area contributed by atoms with Crippen LogP contribution in [-0.4, -0.2) is 38.8 Å². The van der Waals surface area contributed by atoms with Gasteiger partial charge in [0.1, 0.15) is 11.5 Å². The van der Waals surface area contributed by atoms with Crippen LogP contribution in [0, 0.1) is 0 Å². The van der Waals surface area contributed by atoms with Gasteiger partial charge in [-0.25, -0.2) is 0 Å². The van der Waals surface area contributed by atoms with Crippen LogP contribution >= 0.6 is 27.5 Å². The summed E-state index contributed by atoms with van der Waals surface area (Å²) < 4.78 is 12.6. The Balaban J connectivity index is 1.90. The number of nitrogens with zero attached hydrogens (tertiary/aromatic N) is 1. The molecular formula is C20H21BrClNO2. The topological polar surface area (TPSA) is 21.7 Å². The first kappa shape index (κ1) is 17.2. The minimum absolute atomic E-state index is 0.234. The van der Waals surface area contributed by atoms with Gasteiger partial charge in [-0.05, 0) is 54.4 Å². The van der Waals surface area contributed by atoms with E-state index in [2.05, 4.69) is 52.1 Å². The third kappa shape index (κ3) is 3.16. The highest BCUT2D eigenvalue weighted by molar-refractivity contribution is 9.10. The average Bonchev–Trinajstić information content (AvgIpc) is 2.99. The van der Waals surface area contributed by atoms with Crippen molar-refractivity contribution >= 4 is 27.5 Å². The van der Waals surface area contributed by atoms with E-state index >= 15 is 0 Å². The molecule has 1 atom stereocenters. The molecule has 0 aromatic heterocycles. The number of likely N-dealkylation sites (N-methyl/N-ethyl adjacent to an activating group) is 1. The molecule has 0 spiro atoms. The Bertz CT molecular complexity index is 824. The standard InChI is InChI=1S/C20H21BrClNO2/c1-23-5-3-12-8-18(22)19(24-2)10-15(12)17(11-23)16-9-14(21)7-13-4-6-25-20(13)16/h7-10,17H,3-6,11H2,1-2H3. The molecule has 0 N–H and O–H groups in total. The second-order valence-electron chi connectivity index (χ2n) is 6.83. The third-order valence-corrected chi connectivity index (χ3v) is 5.95. The summed E-state index contributed by atoms with van der Waals surface area (Å²) in [6.07, 6.45) is 1.96. The zero-order chi connectivity index (χ0) is 17.6. The highest BCUT2D eigenvalue weighted by atomic mass is 79.9. The third-order valence-electron chi connectivity index (χ3n) is 5.20. The summed E-state index contributed by atoms with van der Waals surface area (Å²) in [7, 11) is 3.85. The van der Waals surface area contributed by atoms with Crippen LogP contribution < -0.4 is 9.47 Å². The molecule has 0 bridgehead atoms. The van der Waals surface area contributed by atoms with Crippen molar-refractivity contribution in [2.75, 3.05) is 33.9 Å². The summed E-state index contributed by atoms with van der Waals surface area (Å²) in [5, 5.41) is 0.681. The van der Waals surface area contributed by atoms with Crippen molar-refractivity contribution in [1.29, 1.82) is 0 Å². The molecule has 2 aliphatic rings. The van der Waals surface area contributed by atoms with Crippen molar-refractivity contribution in [3.63, 3.8) is 0 Å². The molecule has 0 radical (unpaired) electrons. The number of methoxy groups -OCH3 is 1. The van der Waals surface area contributed by atoms with Gasteiger partial charge < -0.3 is 14.4 Å². The van der Waals surface area contributed by atoms with Gasteiger partial charge in [0.05, 0.1) is 18.7 Å². The second-order valence-corrected chi connectivity index (χ2v) is 8.15. The number of hydrogen-bond acceptors (Lipinski definition) is 3. The molecule has 0 aliphatic carbocycles. The van der Waals surface area contributed by atoms with E-state index in [9.17, 15) is 0 Å². The van der Waals surface area contributed by atoms with Crippen LogP contribution in [0.25, 0.3) is 0 Å². The molecule has 0 amide bonds. The van der Waals surface area contributed by atoms with E-state index in [4.69, 9.17) is 21.1 Å². The lowest BCUT2D eigenvalue weighted by Crippen LogP contribution is -2.24. The summed E-state index contributed by atoms with van der Waals surface area (Å²) in [6, 6.07) is 8.57. The molecule has 2 aromatic rings. The van der Waals surface area contributed by atoms with E-state index in [1.165, 1.54) is 22.3 Å². The molecule has 132 valence electrons. The fourth-order valence-corrected chi connectivity index (χ4v) is 4.73. The van der Waals surface area contributed by atoms with Crippen molar-refractivity contribution in [3.05, 3.63) is 56.0 Å². The van der Waals surface area contributed by atoms with Crippen molar-refractivity contribution in [3.8, 4) is 11.5 Å². The molecule has 0 saturated carbocycles. The number of fused-ring (bicyclic) bond motifs is 2. The lowest BCUT2D eigenvalue weighted by molar-refractivity contribution is 0.326. The highest BCUT2D eigenvalue weighted by Crippen LogP contribution is 2.43. The van der Waals surface area contributed by atoms with Gasteiger partial charge >= 0.3 is 0 Å². The Labute approximate surface area is 162 Å². The van der Waals surface area contributed by atoms with E-state index < -0.39 is 0 Å². The van der Waals surface area contributed by atoms with E-state index in [0.29, 0.717) is 5.02 Å². The van der Waals surface area contributed by atoms with Gasteiger partial charge in [-0.1, -0.05) is 27.5 Å².